The molecule has 2 unspecified atom stereocenters. The van der Waals surface area contributed by atoms with Crippen molar-refractivity contribution in [2.45, 2.75) is 39.8 Å². The van der Waals surface area contributed by atoms with Gasteiger partial charge in [-0.25, -0.2) is 0 Å². The molecule has 0 radical (unpaired) electrons. The van der Waals surface area contributed by atoms with E-state index in [1.807, 2.05) is 18.5 Å². The summed E-state index contributed by atoms with van der Waals surface area (Å²) in [6, 6.07) is 15.3. The fraction of sp³-hybridized carbons (Fsp3) is 0.389. The summed E-state index contributed by atoms with van der Waals surface area (Å²) in [5.41, 5.74) is 2.70. The number of rotatable bonds is 4. The quantitative estimate of drug-likeness (QED) is 0.882. The van der Waals surface area contributed by atoms with Gasteiger partial charge in [0, 0.05) is 24.5 Å². The Morgan fingerprint density at radius 3 is 2.15 bits per heavy atom. The number of aromatic nitrogens is 1. The first-order valence-electron chi connectivity index (χ1n) is 7.19. The molecule has 2 heteroatoms. The Morgan fingerprint density at radius 2 is 1.60 bits per heavy atom. The third kappa shape index (κ3) is 3.67. The van der Waals surface area contributed by atoms with Crippen LogP contribution in [0.1, 0.15) is 50.9 Å². The van der Waals surface area contributed by atoms with E-state index in [1.165, 1.54) is 11.1 Å². The molecule has 0 saturated carbocycles. The lowest BCUT2D eigenvalue weighted by molar-refractivity contribution is 0.254. The lowest BCUT2D eigenvalue weighted by Crippen LogP contribution is -2.34. The average Bonchev–Trinajstić information content (AvgIpc) is 2.45. The van der Waals surface area contributed by atoms with Gasteiger partial charge in [-0.3, -0.25) is 4.98 Å². The third-order valence-electron chi connectivity index (χ3n) is 3.60. The summed E-state index contributed by atoms with van der Waals surface area (Å²) in [6.07, 6.45) is 3.75. The molecule has 1 N–H and O–H groups in total. The van der Waals surface area contributed by atoms with Crippen LogP contribution in [0.15, 0.2) is 54.9 Å². The average molecular weight is 268 g/mol. The molecule has 1 aromatic heterocycles. The molecule has 106 valence electrons. The highest BCUT2D eigenvalue weighted by Crippen LogP contribution is 2.34. The molecule has 0 fully saturated rings. The summed E-state index contributed by atoms with van der Waals surface area (Å²) in [5.74, 6) is 0. The molecule has 2 rings (SSSR count). The van der Waals surface area contributed by atoms with Crippen molar-refractivity contribution in [3.8, 4) is 0 Å². The van der Waals surface area contributed by atoms with Crippen molar-refractivity contribution in [3.05, 3.63) is 66.0 Å². The van der Waals surface area contributed by atoms with Crippen LogP contribution < -0.4 is 5.32 Å². The van der Waals surface area contributed by atoms with Crippen LogP contribution in [0, 0.1) is 5.41 Å². The van der Waals surface area contributed by atoms with E-state index in [0.717, 1.165) is 0 Å². The maximum Gasteiger partial charge on any atom is 0.0374 e. The number of hydrogen-bond donors (Lipinski definition) is 1. The molecular weight excluding hydrogens is 244 g/mol. The van der Waals surface area contributed by atoms with Crippen LogP contribution in [0.5, 0.6) is 0 Å². The topological polar surface area (TPSA) is 24.9 Å². The van der Waals surface area contributed by atoms with Gasteiger partial charge in [0.25, 0.3) is 0 Å². The molecule has 2 nitrogen and oxygen atoms in total. The minimum atomic E-state index is 0.151. The van der Waals surface area contributed by atoms with E-state index >= 15 is 0 Å². The van der Waals surface area contributed by atoms with Crippen LogP contribution in [0.25, 0.3) is 0 Å². The van der Waals surface area contributed by atoms with Gasteiger partial charge in [0.15, 0.2) is 0 Å². The first kappa shape index (κ1) is 14.7. The van der Waals surface area contributed by atoms with Crippen molar-refractivity contribution in [1.29, 1.82) is 0 Å². The Kier molecular flexibility index (Phi) is 4.56. The van der Waals surface area contributed by atoms with Crippen molar-refractivity contribution in [2.24, 2.45) is 5.41 Å². The lowest BCUT2D eigenvalue weighted by Gasteiger charge is -2.34. The maximum absolute atomic E-state index is 4.21. The van der Waals surface area contributed by atoms with Crippen LogP contribution in [0.3, 0.4) is 0 Å². The Balaban J connectivity index is 2.22. The van der Waals surface area contributed by atoms with Gasteiger partial charge in [0.1, 0.15) is 0 Å². The maximum atomic E-state index is 4.21. The van der Waals surface area contributed by atoms with Crippen molar-refractivity contribution < 1.29 is 0 Å². The lowest BCUT2D eigenvalue weighted by atomic mass is 9.81. The molecule has 0 saturated heterocycles. The second kappa shape index (κ2) is 6.19. The molecule has 2 atom stereocenters. The van der Waals surface area contributed by atoms with Gasteiger partial charge in [0.05, 0.1) is 0 Å². The zero-order chi connectivity index (χ0) is 14.6. The van der Waals surface area contributed by atoms with E-state index in [0.29, 0.717) is 6.04 Å². The van der Waals surface area contributed by atoms with Crippen molar-refractivity contribution >= 4 is 0 Å². The molecule has 0 amide bonds. The van der Waals surface area contributed by atoms with E-state index in [1.54, 1.807) is 0 Å². The first-order valence-corrected chi connectivity index (χ1v) is 7.19. The van der Waals surface area contributed by atoms with Crippen LogP contribution in [0.4, 0.5) is 0 Å². The summed E-state index contributed by atoms with van der Waals surface area (Å²) in [5, 5.41) is 3.75. The Morgan fingerprint density at radius 1 is 0.950 bits per heavy atom. The van der Waals surface area contributed by atoms with Gasteiger partial charge in [-0.1, -0.05) is 57.2 Å². The zero-order valence-corrected chi connectivity index (χ0v) is 12.8. The molecule has 0 bridgehead atoms. The van der Waals surface area contributed by atoms with Gasteiger partial charge in [-0.2, -0.15) is 0 Å². The Bertz CT molecular complexity index is 514. The summed E-state index contributed by atoms with van der Waals surface area (Å²) >= 11 is 0. The van der Waals surface area contributed by atoms with Gasteiger partial charge >= 0.3 is 0 Å². The summed E-state index contributed by atoms with van der Waals surface area (Å²) in [4.78, 5) is 4.21. The monoisotopic (exact) mass is 268 g/mol. The highest BCUT2D eigenvalue weighted by atomic mass is 15.0. The number of benzene rings is 1. The Hall–Kier alpha value is -1.67. The molecule has 2 aromatic rings. The standard InChI is InChI=1S/C18H24N2/c1-14(16-11-8-12-19-13-16)20-17(18(2,3)4)15-9-6-5-7-10-15/h5-14,17,20H,1-4H3. The van der Waals surface area contributed by atoms with Crippen LogP contribution >= 0.6 is 0 Å². The molecule has 20 heavy (non-hydrogen) atoms. The fourth-order valence-corrected chi connectivity index (χ4v) is 2.47. The fourth-order valence-electron chi connectivity index (χ4n) is 2.47. The highest BCUT2D eigenvalue weighted by Gasteiger charge is 2.27. The van der Waals surface area contributed by atoms with Gasteiger partial charge in [-0.15, -0.1) is 0 Å². The van der Waals surface area contributed by atoms with E-state index in [2.05, 4.69) is 74.4 Å². The van der Waals surface area contributed by atoms with Crippen LogP contribution in [-0.4, -0.2) is 4.98 Å². The van der Waals surface area contributed by atoms with Crippen molar-refractivity contribution in [1.82, 2.24) is 10.3 Å². The van der Waals surface area contributed by atoms with Gasteiger partial charge in [0.2, 0.25) is 0 Å². The van der Waals surface area contributed by atoms with Crippen LogP contribution in [-0.2, 0) is 0 Å². The smallest absolute Gasteiger partial charge is 0.0374 e. The molecule has 1 aromatic carbocycles. The Labute approximate surface area is 122 Å². The minimum Gasteiger partial charge on any atom is -0.303 e. The molecule has 0 aliphatic carbocycles. The molecule has 0 spiro atoms. The number of nitrogens with zero attached hydrogens (tertiary/aromatic N) is 1. The first-order chi connectivity index (χ1) is 9.48. The van der Waals surface area contributed by atoms with E-state index in [9.17, 15) is 0 Å². The number of hydrogen-bond acceptors (Lipinski definition) is 2. The molecule has 0 aliphatic rings. The third-order valence-corrected chi connectivity index (χ3v) is 3.60. The zero-order valence-electron chi connectivity index (χ0n) is 12.8. The van der Waals surface area contributed by atoms with Crippen molar-refractivity contribution in [2.75, 3.05) is 0 Å². The number of nitrogens with one attached hydrogen (secondary N) is 1. The normalized spacial score (nSPS) is 14.8. The second-order valence-electron chi connectivity index (χ2n) is 6.38. The van der Waals surface area contributed by atoms with Crippen LogP contribution in [0.2, 0.25) is 0 Å². The summed E-state index contributed by atoms with van der Waals surface area (Å²) in [7, 11) is 0. The predicted molar refractivity (Wildman–Crippen MR) is 84.4 cm³/mol. The molecule has 1 heterocycles. The highest BCUT2D eigenvalue weighted by molar-refractivity contribution is 5.22. The van der Waals surface area contributed by atoms with Gasteiger partial charge in [-0.05, 0) is 29.5 Å². The second-order valence-corrected chi connectivity index (χ2v) is 6.38. The number of pyridine rings is 1. The predicted octanol–water partition coefficient (Wildman–Crippen LogP) is 4.52. The van der Waals surface area contributed by atoms with E-state index in [-0.39, 0.29) is 11.5 Å². The SMILES string of the molecule is CC(NC(c1ccccc1)C(C)(C)C)c1cccnc1. The largest absolute Gasteiger partial charge is 0.303 e. The summed E-state index contributed by atoms with van der Waals surface area (Å²) in [6.45, 7) is 9.01. The van der Waals surface area contributed by atoms with E-state index in [4.69, 9.17) is 0 Å². The molecule has 0 aliphatic heterocycles. The minimum absolute atomic E-state index is 0.151. The summed E-state index contributed by atoms with van der Waals surface area (Å²) < 4.78 is 0. The van der Waals surface area contributed by atoms with Crippen molar-refractivity contribution in [3.63, 3.8) is 0 Å². The van der Waals surface area contributed by atoms with E-state index < -0.39 is 0 Å². The molecular formula is C18H24N2. The van der Waals surface area contributed by atoms with Gasteiger partial charge < -0.3 is 5.32 Å².